The first-order valence-electron chi connectivity index (χ1n) is 7.60. The van der Waals surface area contributed by atoms with E-state index in [9.17, 15) is 15.2 Å². The summed E-state index contributed by atoms with van der Waals surface area (Å²) in [6.45, 7) is 0. The van der Waals surface area contributed by atoms with Crippen molar-refractivity contribution in [3.05, 3.63) is 83.9 Å². The Morgan fingerprint density at radius 1 is 1.00 bits per heavy atom. The zero-order valence-corrected chi connectivity index (χ0v) is 14.0. The van der Waals surface area contributed by atoms with Gasteiger partial charge in [-0.1, -0.05) is 72.4 Å². The van der Waals surface area contributed by atoms with Gasteiger partial charge in [-0.15, -0.1) is 0 Å². The third-order valence-electron chi connectivity index (χ3n) is 3.61. The molecule has 0 saturated heterocycles. The lowest BCUT2D eigenvalue weighted by molar-refractivity contribution is -0.136. The van der Waals surface area contributed by atoms with Crippen molar-refractivity contribution in [3.63, 3.8) is 0 Å². The molecular formula is C20H14N2O2S. The molecule has 5 heteroatoms. The molecule has 0 fully saturated rings. The number of carboxylic acids is 1. The van der Waals surface area contributed by atoms with Crippen molar-refractivity contribution in [1.82, 2.24) is 4.98 Å². The van der Waals surface area contributed by atoms with Crippen molar-refractivity contribution in [2.45, 2.75) is 10.3 Å². The van der Waals surface area contributed by atoms with Gasteiger partial charge in [0.2, 0.25) is 0 Å². The minimum Gasteiger partial charge on any atom is -0.480 e. The molecule has 122 valence electrons. The quantitative estimate of drug-likeness (QED) is 0.687. The Labute approximate surface area is 149 Å². The first kappa shape index (κ1) is 16.7. The van der Waals surface area contributed by atoms with Gasteiger partial charge in [0.15, 0.2) is 0 Å². The fraction of sp³-hybridized carbons (Fsp3) is 0.0500. The van der Waals surface area contributed by atoms with Crippen LogP contribution in [0.5, 0.6) is 0 Å². The van der Waals surface area contributed by atoms with Crippen LogP contribution in [0.25, 0.3) is 11.3 Å². The molecule has 0 spiro atoms. The van der Waals surface area contributed by atoms with Crippen LogP contribution in [0, 0.1) is 11.3 Å². The number of hydrogen-bond donors (Lipinski definition) is 1. The smallest absolute Gasteiger partial charge is 0.321 e. The van der Waals surface area contributed by atoms with Crippen LogP contribution in [0.4, 0.5) is 0 Å². The number of carbonyl (C=O) groups is 1. The zero-order chi connectivity index (χ0) is 17.6. The molecule has 0 amide bonds. The van der Waals surface area contributed by atoms with Gasteiger partial charge in [0.25, 0.3) is 0 Å². The third-order valence-corrected chi connectivity index (χ3v) is 4.85. The van der Waals surface area contributed by atoms with E-state index < -0.39 is 11.2 Å². The van der Waals surface area contributed by atoms with Crippen molar-refractivity contribution in [2.24, 2.45) is 0 Å². The maximum atomic E-state index is 11.7. The molecule has 3 aromatic rings. The predicted octanol–water partition coefficient (Wildman–Crippen LogP) is 4.54. The molecule has 0 bridgehead atoms. The standard InChI is InChI=1S/C20H14N2O2S/c21-13-16-11-12-17(14-7-3-1-4-8-14)22-19(16)25-18(20(23)24)15-9-5-2-6-10-15/h1-12,18H,(H,23,24)/t18-/m0/s1. The molecule has 2 aromatic carbocycles. The van der Waals surface area contributed by atoms with Crippen molar-refractivity contribution in [1.29, 1.82) is 5.26 Å². The van der Waals surface area contributed by atoms with Gasteiger partial charge in [-0.3, -0.25) is 4.79 Å². The summed E-state index contributed by atoms with van der Waals surface area (Å²) >= 11 is 1.08. The van der Waals surface area contributed by atoms with Crippen LogP contribution in [-0.2, 0) is 4.79 Å². The van der Waals surface area contributed by atoms with E-state index in [-0.39, 0.29) is 0 Å². The maximum absolute atomic E-state index is 11.7. The minimum atomic E-state index is -0.966. The Balaban J connectivity index is 2.00. The Hall–Kier alpha value is -3.10. The number of aliphatic carboxylic acids is 1. The van der Waals surface area contributed by atoms with Gasteiger partial charge in [0.1, 0.15) is 16.3 Å². The maximum Gasteiger partial charge on any atom is 0.321 e. The van der Waals surface area contributed by atoms with Gasteiger partial charge < -0.3 is 5.11 Å². The number of benzene rings is 2. The summed E-state index contributed by atoms with van der Waals surface area (Å²) in [6.07, 6.45) is 0. The molecule has 0 unspecified atom stereocenters. The highest BCUT2D eigenvalue weighted by Gasteiger charge is 2.23. The van der Waals surface area contributed by atoms with Crippen molar-refractivity contribution >= 4 is 17.7 Å². The second-order valence-corrected chi connectivity index (χ2v) is 6.37. The average molecular weight is 346 g/mol. The highest BCUT2D eigenvalue weighted by Crippen LogP contribution is 2.37. The Morgan fingerprint density at radius 3 is 2.24 bits per heavy atom. The normalized spacial score (nSPS) is 11.5. The molecule has 1 atom stereocenters. The highest BCUT2D eigenvalue weighted by molar-refractivity contribution is 8.00. The Kier molecular flexibility index (Phi) is 5.12. The van der Waals surface area contributed by atoms with Gasteiger partial charge in [0.05, 0.1) is 11.3 Å². The molecule has 25 heavy (non-hydrogen) atoms. The minimum absolute atomic E-state index is 0.367. The molecule has 3 rings (SSSR count). The number of aromatic nitrogens is 1. The van der Waals surface area contributed by atoms with Crippen LogP contribution >= 0.6 is 11.8 Å². The summed E-state index contributed by atoms with van der Waals surface area (Å²) < 4.78 is 0. The number of thioether (sulfide) groups is 1. The monoisotopic (exact) mass is 346 g/mol. The number of nitrogens with zero attached hydrogens (tertiary/aromatic N) is 2. The molecule has 0 aliphatic carbocycles. The molecule has 0 aliphatic heterocycles. The van der Waals surface area contributed by atoms with Gasteiger partial charge in [-0.05, 0) is 17.7 Å². The predicted molar refractivity (Wildman–Crippen MR) is 97.1 cm³/mol. The average Bonchev–Trinajstić information content (AvgIpc) is 2.67. The van der Waals surface area contributed by atoms with Crippen LogP contribution in [0.15, 0.2) is 77.8 Å². The SMILES string of the molecule is N#Cc1ccc(-c2ccccc2)nc1S[C@H](C(=O)O)c1ccccc1. The van der Waals surface area contributed by atoms with Crippen molar-refractivity contribution < 1.29 is 9.90 Å². The zero-order valence-electron chi connectivity index (χ0n) is 13.2. The van der Waals surface area contributed by atoms with Gasteiger partial charge >= 0.3 is 5.97 Å². The highest BCUT2D eigenvalue weighted by atomic mass is 32.2. The van der Waals surface area contributed by atoms with E-state index in [4.69, 9.17) is 0 Å². The fourth-order valence-electron chi connectivity index (χ4n) is 2.39. The van der Waals surface area contributed by atoms with Crippen molar-refractivity contribution in [3.8, 4) is 17.3 Å². The van der Waals surface area contributed by atoms with E-state index in [1.807, 2.05) is 36.4 Å². The molecule has 0 aliphatic rings. The van der Waals surface area contributed by atoms with E-state index in [0.29, 0.717) is 21.8 Å². The lowest BCUT2D eigenvalue weighted by atomic mass is 10.1. The van der Waals surface area contributed by atoms with Gasteiger partial charge in [0, 0.05) is 5.56 Å². The van der Waals surface area contributed by atoms with Crippen LogP contribution in [0.3, 0.4) is 0 Å². The third kappa shape index (κ3) is 3.87. The number of carboxylic acid groups (broad SMARTS) is 1. The molecule has 4 nitrogen and oxygen atoms in total. The Morgan fingerprint density at radius 2 is 1.64 bits per heavy atom. The first-order valence-corrected chi connectivity index (χ1v) is 8.48. The lowest BCUT2D eigenvalue weighted by Crippen LogP contribution is -2.08. The first-order chi connectivity index (χ1) is 12.2. The van der Waals surface area contributed by atoms with E-state index in [2.05, 4.69) is 11.1 Å². The van der Waals surface area contributed by atoms with E-state index in [1.54, 1.807) is 36.4 Å². The molecular weight excluding hydrogens is 332 g/mol. The van der Waals surface area contributed by atoms with E-state index in [0.717, 1.165) is 17.3 Å². The largest absolute Gasteiger partial charge is 0.480 e. The van der Waals surface area contributed by atoms with Crippen LogP contribution in [0.1, 0.15) is 16.4 Å². The molecule has 1 aromatic heterocycles. The van der Waals surface area contributed by atoms with E-state index in [1.165, 1.54) is 0 Å². The number of nitriles is 1. The number of pyridine rings is 1. The summed E-state index contributed by atoms with van der Waals surface area (Å²) in [5, 5.41) is 18.5. The topological polar surface area (TPSA) is 74.0 Å². The van der Waals surface area contributed by atoms with Crippen LogP contribution < -0.4 is 0 Å². The molecule has 0 radical (unpaired) electrons. The summed E-state index contributed by atoms with van der Waals surface area (Å²) in [5.41, 5.74) is 2.65. The number of rotatable bonds is 5. The van der Waals surface area contributed by atoms with Crippen LogP contribution in [-0.4, -0.2) is 16.1 Å². The molecule has 1 heterocycles. The second-order valence-electron chi connectivity index (χ2n) is 5.27. The summed E-state index contributed by atoms with van der Waals surface area (Å²) in [5.74, 6) is -0.966. The summed E-state index contributed by atoms with van der Waals surface area (Å²) in [4.78, 5) is 16.3. The number of hydrogen-bond acceptors (Lipinski definition) is 4. The Bertz CT molecular complexity index is 921. The van der Waals surface area contributed by atoms with E-state index >= 15 is 0 Å². The fourth-order valence-corrected chi connectivity index (χ4v) is 3.39. The van der Waals surface area contributed by atoms with Gasteiger partial charge in [-0.2, -0.15) is 5.26 Å². The summed E-state index contributed by atoms with van der Waals surface area (Å²) in [7, 11) is 0. The summed E-state index contributed by atoms with van der Waals surface area (Å²) in [6, 6.07) is 24.1. The second kappa shape index (κ2) is 7.65. The van der Waals surface area contributed by atoms with Crippen LogP contribution in [0.2, 0.25) is 0 Å². The van der Waals surface area contributed by atoms with Crippen molar-refractivity contribution in [2.75, 3.05) is 0 Å². The molecule has 0 saturated carbocycles. The van der Waals surface area contributed by atoms with Gasteiger partial charge in [-0.25, -0.2) is 4.98 Å². The lowest BCUT2D eigenvalue weighted by Gasteiger charge is -2.13. The molecule has 1 N–H and O–H groups in total.